The molecule has 1 aliphatic heterocycles. The molecule has 130 valence electrons. The number of amidine groups is 1. The van der Waals surface area contributed by atoms with E-state index in [1.807, 2.05) is 43.3 Å². The van der Waals surface area contributed by atoms with Gasteiger partial charge in [-0.1, -0.05) is 67.2 Å². The van der Waals surface area contributed by atoms with Crippen molar-refractivity contribution in [2.45, 2.75) is 18.6 Å². The molecule has 0 unspecified atom stereocenters. The maximum atomic E-state index is 11.8. The summed E-state index contributed by atoms with van der Waals surface area (Å²) in [6.45, 7) is 1.99. The number of aromatic amines is 1. The van der Waals surface area contributed by atoms with Gasteiger partial charge in [-0.15, -0.1) is 5.10 Å². The van der Waals surface area contributed by atoms with Gasteiger partial charge < -0.3 is 10.3 Å². The second-order valence-electron chi connectivity index (χ2n) is 5.98. The summed E-state index contributed by atoms with van der Waals surface area (Å²) < 4.78 is 0. The number of benzene rings is 2. The number of carbonyl (C=O) groups is 1. The van der Waals surface area contributed by atoms with Crippen LogP contribution in [0.5, 0.6) is 0 Å². The molecule has 0 bridgehead atoms. The molecule has 1 atom stereocenters. The summed E-state index contributed by atoms with van der Waals surface area (Å²) >= 11 is 1.43. The minimum Gasteiger partial charge on any atom is -0.354 e. The number of fused-ring (bicyclic) bond motifs is 1. The van der Waals surface area contributed by atoms with Gasteiger partial charge in [0.05, 0.1) is 17.2 Å². The van der Waals surface area contributed by atoms with E-state index in [0.717, 1.165) is 34.1 Å². The Labute approximate surface area is 155 Å². The Morgan fingerprint density at radius 3 is 2.65 bits per heavy atom. The van der Waals surface area contributed by atoms with E-state index in [1.54, 1.807) is 6.21 Å². The van der Waals surface area contributed by atoms with Crippen LogP contribution in [0.2, 0.25) is 0 Å². The van der Waals surface area contributed by atoms with Crippen molar-refractivity contribution in [1.82, 2.24) is 10.3 Å². The fraction of sp³-hybridized carbons (Fsp3) is 0.150. The topological polar surface area (TPSA) is 69.6 Å². The Morgan fingerprint density at radius 1 is 1.12 bits per heavy atom. The number of carbonyl (C=O) groups excluding carboxylic acids is 1. The zero-order valence-electron chi connectivity index (χ0n) is 14.3. The molecule has 0 saturated carbocycles. The van der Waals surface area contributed by atoms with Crippen LogP contribution in [-0.4, -0.2) is 27.5 Å². The highest BCUT2D eigenvalue weighted by atomic mass is 32.2. The largest absolute Gasteiger partial charge is 0.354 e. The van der Waals surface area contributed by atoms with E-state index in [9.17, 15) is 4.79 Å². The number of hydrogen-bond donors (Lipinski definition) is 2. The SMILES string of the molecule is CC[C@H]1S/C(=N\N=C/c2c(-c3ccccc3)[nH]c3ccccc23)NC1=O. The van der Waals surface area contributed by atoms with Gasteiger partial charge in [0.15, 0.2) is 5.17 Å². The minimum atomic E-state index is -0.0723. The molecule has 4 rings (SSSR count). The third-order valence-corrected chi connectivity index (χ3v) is 5.53. The van der Waals surface area contributed by atoms with Crippen LogP contribution in [0.25, 0.3) is 22.2 Å². The van der Waals surface area contributed by atoms with Gasteiger partial charge in [-0.05, 0) is 18.1 Å². The molecular weight excluding hydrogens is 344 g/mol. The van der Waals surface area contributed by atoms with Gasteiger partial charge in [-0.25, -0.2) is 0 Å². The van der Waals surface area contributed by atoms with Gasteiger partial charge >= 0.3 is 0 Å². The molecule has 2 N–H and O–H groups in total. The standard InChI is InChI=1S/C20H18N4OS/c1-2-17-19(25)23-20(26-17)24-21-12-15-14-10-6-7-11-16(14)22-18(15)13-8-4-3-5-9-13/h3-12,17,22H,2H2,1H3,(H,23,24,25)/b21-12-/t17-/m1/s1. The van der Waals surface area contributed by atoms with Crippen molar-refractivity contribution in [3.05, 3.63) is 60.2 Å². The fourth-order valence-electron chi connectivity index (χ4n) is 2.99. The number of hydrogen-bond acceptors (Lipinski definition) is 4. The molecule has 1 aromatic heterocycles. The summed E-state index contributed by atoms with van der Waals surface area (Å²) in [4.78, 5) is 15.2. The predicted molar refractivity (Wildman–Crippen MR) is 109 cm³/mol. The molecule has 1 saturated heterocycles. The lowest BCUT2D eigenvalue weighted by atomic mass is 10.1. The van der Waals surface area contributed by atoms with Crippen molar-refractivity contribution in [2.24, 2.45) is 10.2 Å². The summed E-state index contributed by atoms with van der Waals surface area (Å²) in [5.41, 5.74) is 4.13. The molecule has 1 aliphatic rings. The molecule has 26 heavy (non-hydrogen) atoms. The van der Waals surface area contributed by atoms with Crippen LogP contribution >= 0.6 is 11.8 Å². The van der Waals surface area contributed by atoms with E-state index < -0.39 is 0 Å². The first kappa shape index (κ1) is 16.6. The molecular formula is C20H18N4OS. The van der Waals surface area contributed by atoms with Crippen molar-refractivity contribution >= 4 is 40.0 Å². The van der Waals surface area contributed by atoms with Crippen molar-refractivity contribution < 1.29 is 4.79 Å². The monoisotopic (exact) mass is 362 g/mol. The molecule has 0 spiro atoms. The highest BCUT2D eigenvalue weighted by Gasteiger charge is 2.28. The van der Waals surface area contributed by atoms with Crippen LogP contribution < -0.4 is 5.32 Å². The Hall–Kier alpha value is -2.86. The zero-order chi connectivity index (χ0) is 17.9. The Kier molecular flexibility index (Phi) is 4.58. The Morgan fingerprint density at radius 2 is 1.88 bits per heavy atom. The summed E-state index contributed by atoms with van der Waals surface area (Å²) in [6.07, 6.45) is 2.53. The minimum absolute atomic E-state index is 0.00326. The lowest BCUT2D eigenvalue weighted by Gasteiger charge is -2.00. The summed E-state index contributed by atoms with van der Waals surface area (Å²) in [5.74, 6) is 0.00326. The summed E-state index contributed by atoms with van der Waals surface area (Å²) in [5, 5.41) is 12.8. The van der Waals surface area contributed by atoms with E-state index in [2.05, 4.69) is 38.7 Å². The Bertz CT molecular complexity index is 1010. The van der Waals surface area contributed by atoms with Crippen LogP contribution in [0.15, 0.2) is 64.8 Å². The molecule has 3 aromatic rings. The van der Waals surface area contributed by atoms with E-state index >= 15 is 0 Å². The molecule has 0 aliphatic carbocycles. The number of para-hydroxylation sites is 1. The highest BCUT2D eigenvalue weighted by molar-refractivity contribution is 8.15. The normalized spacial score (nSPS) is 18.9. The van der Waals surface area contributed by atoms with Crippen LogP contribution in [-0.2, 0) is 4.79 Å². The number of amides is 1. The molecule has 5 nitrogen and oxygen atoms in total. The van der Waals surface area contributed by atoms with Gasteiger partial charge in [-0.2, -0.15) is 5.10 Å². The van der Waals surface area contributed by atoms with Crippen molar-refractivity contribution in [3.63, 3.8) is 0 Å². The van der Waals surface area contributed by atoms with Crippen molar-refractivity contribution in [1.29, 1.82) is 0 Å². The molecule has 6 heteroatoms. The molecule has 2 heterocycles. The van der Waals surface area contributed by atoms with Crippen LogP contribution in [0, 0.1) is 0 Å². The first-order chi connectivity index (χ1) is 12.8. The number of aromatic nitrogens is 1. The van der Waals surface area contributed by atoms with Crippen LogP contribution in [0.3, 0.4) is 0 Å². The lowest BCUT2D eigenvalue weighted by molar-refractivity contribution is -0.118. The van der Waals surface area contributed by atoms with Crippen molar-refractivity contribution in [2.75, 3.05) is 0 Å². The van der Waals surface area contributed by atoms with E-state index in [-0.39, 0.29) is 11.2 Å². The van der Waals surface area contributed by atoms with Crippen LogP contribution in [0.1, 0.15) is 18.9 Å². The van der Waals surface area contributed by atoms with Gasteiger partial charge in [0, 0.05) is 16.5 Å². The Balaban J connectivity index is 1.71. The number of H-pyrrole nitrogens is 1. The molecule has 1 fully saturated rings. The third kappa shape index (κ3) is 3.15. The number of thioether (sulfide) groups is 1. The lowest BCUT2D eigenvalue weighted by Crippen LogP contribution is -2.24. The van der Waals surface area contributed by atoms with E-state index in [0.29, 0.717) is 5.17 Å². The maximum Gasteiger partial charge on any atom is 0.239 e. The quantitative estimate of drug-likeness (QED) is 0.540. The van der Waals surface area contributed by atoms with Gasteiger partial charge in [0.25, 0.3) is 0 Å². The molecule has 1 amide bonds. The van der Waals surface area contributed by atoms with Crippen molar-refractivity contribution in [3.8, 4) is 11.3 Å². The molecule has 0 radical (unpaired) electrons. The predicted octanol–water partition coefficient (Wildman–Crippen LogP) is 4.17. The third-order valence-electron chi connectivity index (χ3n) is 4.29. The second kappa shape index (κ2) is 7.17. The van der Waals surface area contributed by atoms with Gasteiger partial charge in [0.2, 0.25) is 5.91 Å². The maximum absolute atomic E-state index is 11.8. The smallest absolute Gasteiger partial charge is 0.239 e. The average Bonchev–Trinajstić information content (AvgIpc) is 3.23. The number of nitrogens with one attached hydrogen (secondary N) is 2. The highest BCUT2D eigenvalue weighted by Crippen LogP contribution is 2.29. The number of rotatable bonds is 4. The number of nitrogens with zero attached hydrogens (tertiary/aromatic N) is 2. The van der Waals surface area contributed by atoms with E-state index in [4.69, 9.17) is 0 Å². The van der Waals surface area contributed by atoms with Gasteiger partial charge in [-0.3, -0.25) is 4.79 Å². The van der Waals surface area contributed by atoms with E-state index in [1.165, 1.54) is 11.8 Å². The van der Waals surface area contributed by atoms with Gasteiger partial charge in [0.1, 0.15) is 0 Å². The first-order valence-corrected chi connectivity index (χ1v) is 9.39. The average molecular weight is 362 g/mol. The fourth-order valence-corrected chi connectivity index (χ4v) is 3.85. The van der Waals surface area contributed by atoms with Crippen LogP contribution in [0.4, 0.5) is 0 Å². The zero-order valence-corrected chi connectivity index (χ0v) is 15.1. The first-order valence-electron chi connectivity index (χ1n) is 8.51. The summed E-state index contributed by atoms with van der Waals surface area (Å²) in [7, 11) is 0. The second-order valence-corrected chi connectivity index (χ2v) is 7.17. The summed E-state index contributed by atoms with van der Waals surface area (Å²) in [6, 6.07) is 18.3. The molecule has 2 aromatic carbocycles.